The van der Waals surface area contributed by atoms with Gasteiger partial charge in [-0.05, 0) is 30.5 Å². The molecule has 0 bridgehead atoms. The maximum absolute atomic E-state index is 11.8. The molecule has 0 fully saturated rings. The maximum Gasteiger partial charge on any atom is 0.226 e. The van der Waals surface area contributed by atoms with Crippen LogP contribution in [-0.2, 0) is 22.5 Å². The summed E-state index contributed by atoms with van der Waals surface area (Å²) in [7, 11) is 0. The predicted molar refractivity (Wildman–Crippen MR) is 82.9 cm³/mol. The number of hydrogen-bond acceptors (Lipinski definition) is 3. The molecular weight excluding hydrogens is 266 g/mol. The third-order valence-corrected chi connectivity index (χ3v) is 3.11. The zero-order valence-corrected chi connectivity index (χ0v) is 12.9. The van der Waals surface area contributed by atoms with Crippen LogP contribution in [0.1, 0.15) is 26.3 Å². The second-order valence-corrected chi connectivity index (χ2v) is 5.55. The molecule has 1 N–H and O–H groups in total. The van der Waals surface area contributed by atoms with Crippen molar-refractivity contribution in [3.63, 3.8) is 0 Å². The Morgan fingerprint density at radius 1 is 1.43 bits per heavy atom. The first-order chi connectivity index (χ1) is 10.1. The highest BCUT2D eigenvalue weighted by atomic mass is 16.5. The number of carbonyl (C=O) groups is 1. The molecule has 5 heteroatoms. The van der Waals surface area contributed by atoms with Gasteiger partial charge < -0.3 is 10.1 Å². The number of hydrogen-bond donors (Lipinski definition) is 1. The smallest absolute Gasteiger partial charge is 0.226 e. The van der Waals surface area contributed by atoms with E-state index in [4.69, 9.17) is 4.74 Å². The SMILES string of the molecule is CCOCNC(=O)Cc1ccc2nn(CC(C)C)cc2c1. The summed E-state index contributed by atoms with van der Waals surface area (Å²) in [6.45, 7) is 8.00. The van der Waals surface area contributed by atoms with E-state index in [1.54, 1.807) is 0 Å². The van der Waals surface area contributed by atoms with Crippen molar-refractivity contribution in [3.8, 4) is 0 Å². The molecular formula is C16H23N3O2. The minimum Gasteiger partial charge on any atom is -0.362 e. The quantitative estimate of drug-likeness (QED) is 0.629. The summed E-state index contributed by atoms with van der Waals surface area (Å²) in [5, 5.41) is 8.33. The molecule has 0 aliphatic rings. The van der Waals surface area contributed by atoms with E-state index in [1.165, 1.54) is 0 Å². The molecule has 2 aromatic rings. The van der Waals surface area contributed by atoms with E-state index in [0.29, 0.717) is 18.9 Å². The number of amides is 1. The zero-order valence-electron chi connectivity index (χ0n) is 12.9. The molecule has 5 nitrogen and oxygen atoms in total. The maximum atomic E-state index is 11.8. The third kappa shape index (κ3) is 4.56. The van der Waals surface area contributed by atoms with Crippen LogP contribution in [0.25, 0.3) is 10.9 Å². The van der Waals surface area contributed by atoms with E-state index in [1.807, 2.05) is 36.0 Å². The Hall–Kier alpha value is -1.88. The van der Waals surface area contributed by atoms with Crippen LogP contribution < -0.4 is 5.32 Å². The van der Waals surface area contributed by atoms with Gasteiger partial charge in [0.25, 0.3) is 0 Å². The van der Waals surface area contributed by atoms with Crippen molar-refractivity contribution in [2.24, 2.45) is 5.92 Å². The zero-order chi connectivity index (χ0) is 15.2. The van der Waals surface area contributed by atoms with Crippen LogP contribution in [-0.4, -0.2) is 29.0 Å². The Kier molecular flexibility index (Phi) is 5.33. The number of aromatic nitrogens is 2. The Morgan fingerprint density at radius 3 is 2.95 bits per heavy atom. The number of rotatable bonds is 7. The average molecular weight is 289 g/mol. The molecule has 114 valence electrons. The van der Waals surface area contributed by atoms with Crippen molar-refractivity contribution in [1.82, 2.24) is 15.1 Å². The van der Waals surface area contributed by atoms with Crippen LogP contribution in [0, 0.1) is 5.92 Å². The molecule has 0 aliphatic carbocycles. The summed E-state index contributed by atoms with van der Waals surface area (Å²) in [4.78, 5) is 11.8. The number of nitrogens with zero attached hydrogens (tertiary/aromatic N) is 2. The van der Waals surface area contributed by atoms with Crippen LogP contribution in [0.2, 0.25) is 0 Å². The standard InChI is InChI=1S/C16H23N3O2/c1-4-21-11-17-16(20)8-13-5-6-15-14(7-13)10-19(18-15)9-12(2)3/h5-7,10,12H,4,8-9,11H2,1-3H3,(H,17,20). The van der Waals surface area contributed by atoms with Gasteiger partial charge in [0.2, 0.25) is 5.91 Å². The van der Waals surface area contributed by atoms with Crippen molar-refractivity contribution >= 4 is 16.8 Å². The minimum absolute atomic E-state index is 0.0302. The van der Waals surface area contributed by atoms with E-state index in [9.17, 15) is 4.79 Å². The fourth-order valence-electron chi connectivity index (χ4n) is 2.19. The molecule has 0 aliphatic heterocycles. The van der Waals surface area contributed by atoms with Crippen LogP contribution >= 0.6 is 0 Å². The van der Waals surface area contributed by atoms with Crippen molar-refractivity contribution in [3.05, 3.63) is 30.0 Å². The first-order valence-electron chi connectivity index (χ1n) is 7.39. The molecule has 0 saturated heterocycles. The van der Waals surface area contributed by atoms with Gasteiger partial charge in [-0.15, -0.1) is 0 Å². The summed E-state index contributed by atoms with van der Waals surface area (Å²) in [6, 6.07) is 5.95. The molecule has 0 saturated carbocycles. The second-order valence-electron chi connectivity index (χ2n) is 5.55. The van der Waals surface area contributed by atoms with Crippen LogP contribution in [0.4, 0.5) is 0 Å². The summed E-state index contributed by atoms with van der Waals surface area (Å²) in [5.41, 5.74) is 1.95. The largest absolute Gasteiger partial charge is 0.362 e. The van der Waals surface area contributed by atoms with Gasteiger partial charge >= 0.3 is 0 Å². The Balaban J connectivity index is 2.02. The Morgan fingerprint density at radius 2 is 2.24 bits per heavy atom. The minimum atomic E-state index is -0.0302. The molecule has 1 aromatic carbocycles. The summed E-state index contributed by atoms with van der Waals surface area (Å²) in [6.07, 6.45) is 2.40. The van der Waals surface area contributed by atoms with Gasteiger partial charge in [-0.25, -0.2) is 0 Å². The van der Waals surface area contributed by atoms with Gasteiger partial charge in [0, 0.05) is 24.7 Å². The lowest BCUT2D eigenvalue weighted by Crippen LogP contribution is -2.27. The number of nitrogens with one attached hydrogen (secondary N) is 1. The molecule has 0 unspecified atom stereocenters. The molecule has 1 aromatic heterocycles. The molecule has 2 rings (SSSR count). The topological polar surface area (TPSA) is 56.1 Å². The number of fused-ring (bicyclic) bond motifs is 1. The number of carbonyl (C=O) groups excluding carboxylic acids is 1. The van der Waals surface area contributed by atoms with E-state index in [2.05, 4.69) is 24.3 Å². The van der Waals surface area contributed by atoms with Gasteiger partial charge in [0.05, 0.1) is 11.9 Å². The number of benzene rings is 1. The summed E-state index contributed by atoms with van der Waals surface area (Å²) >= 11 is 0. The summed E-state index contributed by atoms with van der Waals surface area (Å²) < 4.78 is 7.07. The third-order valence-electron chi connectivity index (χ3n) is 3.11. The number of ether oxygens (including phenoxy) is 1. The molecule has 1 amide bonds. The van der Waals surface area contributed by atoms with Gasteiger partial charge in [0.1, 0.15) is 6.73 Å². The molecule has 0 atom stereocenters. The lowest BCUT2D eigenvalue weighted by Gasteiger charge is -2.05. The average Bonchev–Trinajstić information content (AvgIpc) is 2.79. The molecule has 0 radical (unpaired) electrons. The van der Waals surface area contributed by atoms with Crippen LogP contribution in [0.15, 0.2) is 24.4 Å². The fraction of sp³-hybridized carbons (Fsp3) is 0.500. The van der Waals surface area contributed by atoms with Crippen LogP contribution in [0.3, 0.4) is 0 Å². The molecule has 21 heavy (non-hydrogen) atoms. The van der Waals surface area contributed by atoms with E-state index in [-0.39, 0.29) is 12.6 Å². The lowest BCUT2D eigenvalue weighted by atomic mass is 10.1. The van der Waals surface area contributed by atoms with Crippen molar-refractivity contribution in [1.29, 1.82) is 0 Å². The van der Waals surface area contributed by atoms with E-state index < -0.39 is 0 Å². The Bertz CT molecular complexity index is 605. The Labute approximate surface area is 125 Å². The second kappa shape index (κ2) is 7.22. The van der Waals surface area contributed by atoms with E-state index >= 15 is 0 Å². The highest BCUT2D eigenvalue weighted by molar-refractivity contribution is 5.82. The first kappa shape index (κ1) is 15.5. The van der Waals surface area contributed by atoms with E-state index in [0.717, 1.165) is 23.0 Å². The normalized spacial score (nSPS) is 11.2. The highest BCUT2D eigenvalue weighted by Crippen LogP contribution is 2.16. The van der Waals surface area contributed by atoms with Crippen molar-refractivity contribution in [2.75, 3.05) is 13.3 Å². The van der Waals surface area contributed by atoms with Gasteiger partial charge in [-0.2, -0.15) is 5.10 Å². The van der Waals surface area contributed by atoms with Gasteiger partial charge in [-0.1, -0.05) is 19.9 Å². The fourth-order valence-corrected chi connectivity index (χ4v) is 2.19. The molecule has 0 spiro atoms. The van der Waals surface area contributed by atoms with Crippen LogP contribution in [0.5, 0.6) is 0 Å². The highest BCUT2D eigenvalue weighted by Gasteiger charge is 2.07. The molecule has 1 heterocycles. The summed E-state index contributed by atoms with van der Waals surface area (Å²) in [5.74, 6) is 0.528. The van der Waals surface area contributed by atoms with Crippen molar-refractivity contribution < 1.29 is 9.53 Å². The van der Waals surface area contributed by atoms with Crippen molar-refractivity contribution in [2.45, 2.75) is 33.7 Å². The van der Waals surface area contributed by atoms with Gasteiger partial charge in [-0.3, -0.25) is 9.48 Å². The monoisotopic (exact) mass is 289 g/mol. The predicted octanol–water partition coefficient (Wildman–Crippen LogP) is 2.34. The van der Waals surface area contributed by atoms with Gasteiger partial charge in [0.15, 0.2) is 0 Å². The first-order valence-corrected chi connectivity index (χ1v) is 7.39. The lowest BCUT2D eigenvalue weighted by molar-refractivity contribution is -0.122.